The van der Waals surface area contributed by atoms with Crippen molar-refractivity contribution in [1.29, 1.82) is 0 Å². The van der Waals surface area contributed by atoms with Crippen LogP contribution in [0.25, 0.3) is 0 Å². The Labute approximate surface area is 164 Å². The van der Waals surface area contributed by atoms with Gasteiger partial charge in [0.15, 0.2) is 11.5 Å². The third-order valence-corrected chi connectivity index (χ3v) is 4.96. The largest absolute Gasteiger partial charge is 0.486 e. The number of hydrogen-bond donors (Lipinski definition) is 1. The molecule has 0 unspecified atom stereocenters. The normalized spacial score (nSPS) is 14.0. The quantitative estimate of drug-likeness (QED) is 0.651. The van der Waals surface area contributed by atoms with E-state index < -0.39 is 0 Å². The molecular weight excluding hydrogens is 358 g/mol. The molecule has 0 saturated carbocycles. The van der Waals surface area contributed by atoms with Gasteiger partial charge in [0.2, 0.25) is 0 Å². The molecule has 0 fully saturated rings. The van der Waals surface area contributed by atoms with Gasteiger partial charge in [0.1, 0.15) is 13.2 Å². The third kappa shape index (κ3) is 4.44. The van der Waals surface area contributed by atoms with E-state index in [9.17, 15) is 0 Å². The zero-order valence-electron chi connectivity index (χ0n) is 15.0. The summed E-state index contributed by atoms with van der Waals surface area (Å²) in [6, 6.07) is 24.8. The van der Waals surface area contributed by atoms with Gasteiger partial charge in [-0.3, -0.25) is 0 Å². The molecule has 0 radical (unpaired) electrons. The number of halogens is 1. The first-order chi connectivity index (χ1) is 13.3. The summed E-state index contributed by atoms with van der Waals surface area (Å²) in [5.41, 5.74) is 3.67. The molecule has 27 heavy (non-hydrogen) atoms. The van der Waals surface area contributed by atoms with Gasteiger partial charge in [-0.15, -0.1) is 0 Å². The maximum Gasteiger partial charge on any atom is 0.161 e. The van der Waals surface area contributed by atoms with Gasteiger partial charge in [-0.05, 0) is 47.4 Å². The second kappa shape index (κ2) is 8.47. The molecule has 1 heterocycles. The fourth-order valence-corrected chi connectivity index (χ4v) is 3.46. The number of fused-ring (bicyclic) bond motifs is 1. The molecule has 1 atom stereocenters. The van der Waals surface area contributed by atoms with Crippen LogP contribution in [0.1, 0.15) is 22.7 Å². The minimum Gasteiger partial charge on any atom is -0.486 e. The average Bonchev–Trinajstić information content (AvgIpc) is 2.73. The zero-order valence-corrected chi connectivity index (χ0v) is 15.8. The van der Waals surface area contributed by atoms with Crippen LogP contribution in [-0.2, 0) is 6.42 Å². The lowest BCUT2D eigenvalue weighted by atomic mass is 9.98. The van der Waals surface area contributed by atoms with E-state index in [-0.39, 0.29) is 6.04 Å². The molecule has 3 aromatic carbocycles. The number of rotatable bonds is 6. The lowest BCUT2D eigenvalue weighted by Gasteiger charge is -2.21. The molecule has 0 amide bonds. The second-order valence-electron chi connectivity index (χ2n) is 6.58. The first-order valence-corrected chi connectivity index (χ1v) is 9.60. The van der Waals surface area contributed by atoms with Crippen LogP contribution < -0.4 is 14.8 Å². The Balaban J connectivity index is 1.46. The maximum absolute atomic E-state index is 6.06. The second-order valence-corrected chi connectivity index (χ2v) is 7.01. The topological polar surface area (TPSA) is 30.5 Å². The van der Waals surface area contributed by atoms with Crippen LogP contribution in [0.2, 0.25) is 5.02 Å². The van der Waals surface area contributed by atoms with E-state index in [1.54, 1.807) is 0 Å². The van der Waals surface area contributed by atoms with Crippen LogP contribution in [-0.4, -0.2) is 19.8 Å². The van der Waals surface area contributed by atoms with Gasteiger partial charge < -0.3 is 14.8 Å². The highest BCUT2D eigenvalue weighted by atomic mass is 35.5. The fourth-order valence-electron chi connectivity index (χ4n) is 3.33. The predicted molar refractivity (Wildman–Crippen MR) is 109 cm³/mol. The third-order valence-electron chi connectivity index (χ3n) is 4.70. The van der Waals surface area contributed by atoms with E-state index in [2.05, 4.69) is 53.8 Å². The minimum atomic E-state index is 0.126. The van der Waals surface area contributed by atoms with Crippen molar-refractivity contribution in [2.24, 2.45) is 0 Å². The highest BCUT2D eigenvalue weighted by molar-refractivity contribution is 6.30. The van der Waals surface area contributed by atoms with Crippen molar-refractivity contribution in [3.63, 3.8) is 0 Å². The van der Waals surface area contributed by atoms with Crippen LogP contribution in [0.5, 0.6) is 11.5 Å². The summed E-state index contributed by atoms with van der Waals surface area (Å²) in [4.78, 5) is 0. The van der Waals surface area contributed by atoms with E-state index >= 15 is 0 Å². The van der Waals surface area contributed by atoms with Gasteiger partial charge in [0.25, 0.3) is 0 Å². The Bertz CT molecular complexity index is 881. The van der Waals surface area contributed by atoms with Gasteiger partial charge in [-0.25, -0.2) is 0 Å². The predicted octanol–water partition coefficient (Wildman–Crippen LogP) is 5.03. The Morgan fingerprint density at radius 3 is 2.30 bits per heavy atom. The van der Waals surface area contributed by atoms with Crippen molar-refractivity contribution < 1.29 is 9.47 Å². The molecule has 0 spiro atoms. The molecule has 3 aromatic rings. The van der Waals surface area contributed by atoms with E-state index in [1.807, 2.05) is 24.3 Å². The number of benzene rings is 3. The molecule has 1 aliphatic heterocycles. The molecule has 1 aliphatic rings. The highest BCUT2D eigenvalue weighted by Crippen LogP contribution is 2.31. The monoisotopic (exact) mass is 379 g/mol. The fraction of sp³-hybridized carbons (Fsp3) is 0.217. The van der Waals surface area contributed by atoms with Gasteiger partial charge >= 0.3 is 0 Å². The van der Waals surface area contributed by atoms with Crippen LogP contribution in [0.4, 0.5) is 0 Å². The first-order valence-electron chi connectivity index (χ1n) is 9.22. The van der Waals surface area contributed by atoms with Crippen molar-refractivity contribution in [3.8, 4) is 11.5 Å². The van der Waals surface area contributed by atoms with Crippen LogP contribution in [0.3, 0.4) is 0 Å². The van der Waals surface area contributed by atoms with Crippen molar-refractivity contribution in [3.05, 3.63) is 94.5 Å². The van der Waals surface area contributed by atoms with Crippen LogP contribution in [0.15, 0.2) is 72.8 Å². The summed E-state index contributed by atoms with van der Waals surface area (Å²) in [6.07, 6.45) is 0.910. The summed E-state index contributed by atoms with van der Waals surface area (Å²) < 4.78 is 11.3. The number of nitrogens with one attached hydrogen (secondary N) is 1. The minimum absolute atomic E-state index is 0.126. The molecular formula is C23H22ClNO2. The Kier molecular flexibility index (Phi) is 5.61. The molecule has 0 aliphatic carbocycles. The number of ether oxygens (including phenoxy) is 2. The van der Waals surface area contributed by atoms with Crippen molar-refractivity contribution >= 4 is 11.6 Å². The summed E-state index contributed by atoms with van der Waals surface area (Å²) in [5.74, 6) is 1.68. The number of hydrogen-bond acceptors (Lipinski definition) is 3. The van der Waals surface area contributed by atoms with Crippen molar-refractivity contribution in [2.45, 2.75) is 12.5 Å². The highest BCUT2D eigenvalue weighted by Gasteiger charge is 2.14. The molecule has 4 rings (SSSR count). The Hall–Kier alpha value is -2.49. The molecule has 0 bridgehead atoms. The van der Waals surface area contributed by atoms with Crippen LogP contribution >= 0.6 is 11.6 Å². The van der Waals surface area contributed by atoms with Gasteiger partial charge in [0, 0.05) is 11.6 Å². The Morgan fingerprint density at radius 1 is 0.815 bits per heavy atom. The van der Waals surface area contributed by atoms with Crippen molar-refractivity contribution in [1.82, 2.24) is 5.32 Å². The summed E-state index contributed by atoms with van der Waals surface area (Å²) in [7, 11) is 0. The molecule has 1 N–H and O–H groups in total. The maximum atomic E-state index is 6.06. The lowest BCUT2D eigenvalue weighted by molar-refractivity contribution is 0.171. The first kappa shape index (κ1) is 17.9. The Morgan fingerprint density at radius 2 is 1.52 bits per heavy atom. The molecule has 4 heteroatoms. The SMILES string of the molecule is Clc1ccc([C@H](NCCc2ccc3c(c2)OCCO3)c2ccccc2)cc1. The van der Waals surface area contributed by atoms with Crippen LogP contribution in [0, 0.1) is 0 Å². The molecule has 0 saturated heterocycles. The standard InChI is InChI=1S/C23H22ClNO2/c24-20-9-7-19(8-10-20)23(18-4-2-1-3-5-18)25-13-12-17-6-11-21-22(16-17)27-15-14-26-21/h1-11,16,23,25H,12-15H2/t23-/m1/s1. The molecule has 3 nitrogen and oxygen atoms in total. The summed E-state index contributed by atoms with van der Waals surface area (Å²) in [6.45, 7) is 2.08. The van der Waals surface area contributed by atoms with E-state index in [0.717, 1.165) is 29.5 Å². The smallest absolute Gasteiger partial charge is 0.161 e. The van der Waals surface area contributed by atoms with Crippen molar-refractivity contribution in [2.75, 3.05) is 19.8 Å². The van der Waals surface area contributed by atoms with E-state index in [4.69, 9.17) is 21.1 Å². The van der Waals surface area contributed by atoms with Gasteiger partial charge in [-0.2, -0.15) is 0 Å². The summed E-state index contributed by atoms with van der Waals surface area (Å²) >= 11 is 6.06. The van der Waals surface area contributed by atoms with E-state index in [1.165, 1.54) is 16.7 Å². The molecule has 138 valence electrons. The average molecular weight is 380 g/mol. The van der Waals surface area contributed by atoms with Gasteiger partial charge in [-0.1, -0.05) is 60.1 Å². The zero-order chi connectivity index (χ0) is 18.5. The van der Waals surface area contributed by atoms with E-state index in [0.29, 0.717) is 13.2 Å². The lowest BCUT2D eigenvalue weighted by Crippen LogP contribution is -2.24. The summed E-state index contributed by atoms with van der Waals surface area (Å²) in [5, 5.41) is 4.44. The van der Waals surface area contributed by atoms with Gasteiger partial charge in [0.05, 0.1) is 6.04 Å². The molecule has 0 aromatic heterocycles.